The second-order valence-electron chi connectivity index (χ2n) is 5.77. The molecule has 0 saturated heterocycles. The predicted octanol–water partition coefficient (Wildman–Crippen LogP) is 1.20. The Bertz CT molecular complexity index is 328. The molecule has 1 unspecified atom stereocenters. The standard InChI is InChI=1S/C15H30N4O2/c1-12(14(20)18-15(21)17-2)19(11-7-10-16)13-8-5-3-4-6-9-13/h12-13H,3-11,16H2,1-2H3,(H2,17,18,20,21). The van der Waals surface area contributed by atoms with E-state index in [9.17, 15) is 9.59 Å². The van der Waals surface area contributed by atoms with Gasteiger partial charge < -0.3 is 11.1 Å². The Morgan fingerprint density at radius 1 is 1.24 bits per heavy atom. The van der Waals surface area contributed by atoms with Crippen LogP contribution in [0.25, 0.3) is 0 Å². The van der Waals surface area contributed by atoms with E-state index in [2.05, 4.69) is 15.5 Å². The van der Waals surface area contributed by atoms with Gasteiger partial charge in [-0.3, -0.25) is 15.0 Å². The molecule has 3 amide bonds. The zero-order valence-electron chi connectivity index (χ0n) is 13.4. The third kappa shape index (κ3) is 6.01. The number of rotatable bonds is 6. The molecule has 6 heteroatoms. The van der Waals surface area contributed by atoms with Crippen molar-refractivity contribution in [3.05, 3.63) is 0 Å². The molecule has 0 aromatic heterocycles. The zero-order chi connectivity index (χ0) is 15.7. The summed E-state index contributed by atoms with van der Waals surface area (Å²) in [7, 11) is 1.50. The van der Waals surface area contributed by atoms with Gasteiger partial charge in [-0.05, 0) is 32.7 Å². The maximum absolute atomic E-state index is 12.2. The molecule has 6 nitrogen and oxygen atoms in total. The van der Waals surface area contributed by atoms with Gasteiger partial charge in [-0.25, -0.2) is 4.79 Å². The molecule has 0 bridgehead atoms. The minimum Gasteiger partial charge on any atom is -0.341 e. The van der Waals surface area contributed by atoms with Crippen LogP contribution in [0, 0.1) is 0 Å². The summed E-state index contributed by atoms with van der Waals surface area (Å²) in [5.41, 5.74) is 5.62. The van der Waals surface area contributed by atoms with Gasteiger partial charge in [0, 0.05) is 19.6 Å². The third-order valence-electron chi connectivity index (χ3n) is 4.25. The molecule has 0 aliphatic heterocycles. The molecule has 1 saturated carbocycles. The van der Waals surface area contributed by atoms with Gasteiger partial charge in [-0.15, -0.1) is 0 Å². The monoisotopic (exact) mass is 298 g/mol. The second-order valence-corrected chi connectivity index (χ2v) is 5.77. The highest BCUT2D eigenvalue weighted by atomic mass is 16.2. The summed E-state index contributed by atoms with van der Waals surface area (Å²) < 4.78 is 0. The topological polar surface area (TPSA) is 87.5 Å². The zero-order valence-corrected chi connectivity index (χ0v) is 13.4. The number of carbonyl (C=O) groups is 2. The minimum absolute atomic E-state index is 0.240. The predicted molar refractivity (Wildman–Crippen MR) is 83.9 cm³/mol. The summed E-state index contributed by atoms with van der Waals surface area (Å²) in [5.74, 6) is -0.240. The maximum Gasteiger partial charge on any atom is 0.321 e. The summed E-state index contributed by atoms with van der Waals surface area (Å²) in [6.45, 7) is 3.30. The lowest BCUT2D eigenvalue weighted by atomic mass is 10.0. The van der Waals surface area contributed by atoms with Crippen LogP contribution in [0.1, 0.15) is 51.9 Å². The molecule has 1 aliphatic carbocycles. The van der Waals surface area contributed by atoms with Crippen LogP contribution < -0.4 is 16.4 Å². The van der Waals surface area contributed by atoms with Gasteiger partial charge in [0.15, 0.2) is 0 Å². The van der Waals surface area contributed by atoms with Crippen molar-refractivity contribution in [2.75, 3.05) is 20.1 Å². The average Bonchev–Trinajstić information content (AvgIpc) is 2.76. The van der Waals surface area contributed by atoms with Crippen LogP contribution in [0.15, 0.2) is 0 Å². The first-order valence-electron chi connectivity index (χ1n) is 8.08. The first-order valence-corrected chi connectivity index (χ1v) is 8.08. The van der Waals surface area contributed by atoms with Crippen molar-refractivity contribution in [2.45, 2.75) is 64.0 Å². The third-order valence-corrected chi connectivity index (χ3v) is 4.25. The summed E-state index contributed by atoms with van der Waals surface area (Å²) in [4.78, 5) is 25.7. The number of hydrogen-bond acceptors (Lipinski definition) is 4. The van der Waals surface area contributed by atoms with Gasteiger partial charge in [-0.1, -0.05) is 25.7 Å². The molecule has 0 heterocycles. The number of nitrogens with two attached hydrogens (primary N) is 1. The van der Waals surface area contributed by atoms with Crippen molar-refractivity contribution in [1.82, 2.24) is 15.5 Å². The van der Waals surface area contributed by atoms with E-state index < -0.39 is 6.03 Å². The van der Waals surface area contributed by atoms with Gasteiger partial charge in [-0.2, -0.15) is 0 Å². The van der Waals surface area contributed by atoms with Crippen molar-refractivity contribution in [3.63, 3.8) is 0 Å². The Labute approximate surface area is 127 Å². The normalized spacial score (nSPS) is 18.1. The highest BCUT2D eigenvalue weighted by Gasteiger charge is 2.28. The highest BCUT2D eigenvalue weighted by Crippen LogP contribution is 2.23. The van der Waals surface area contributed by atoms with E-state index in [0.717, 1.165) is 25.8 Å². The molecule has 1 atom stereocenters. The molecule has 0 radical (unpaired) electrons. The number of nitrogens with one attached hydrogen (secondary N) is 2. The van der Waals surface area contributed by atoms with E-state index >= 15 is 0 Å². The first-order chi connectivity index (χ1) is 10.1. The van der Waals surface area contributed by atoms with E-state index in [1.54, 1.807) is 0 Å². The van der Waals surface area contributed by atoms with Crippen molar-refractivity contribution >= 4 is 11.9 Å². The lowest BCUT2D eigenvalue weighted by Crippen LogP contribution is -2.52. The van der Waals surface area contributed by atoms with Gasteiger partial charge >= 0.3 is 6.03 Å². The number of urea groups is 1. The van der Waals surface area contributed by atoms with Crippen LogP contribution in [0.3, 0.4) is 0 Å². The molecule has 0 aromatic rings. The number of amides is 3. The Morgan fingerprint density at radius 2 is 1.86 bits per heavy atom. The largest absolute Gasteiger partial charge is 0.341 e. The van der Waals surface area contributed by atoms with Gasteiger partial charge in [0.05, 0.1) is 6.04 Å². The van der Waals surface area contributed by atoms with Crippen LogP contribution in [0.5, 0.6) is 0 Å². The quantitative estimate of drug-likeness (QED) is 0.643. The number of nitrogens with zero attached hydrogens (tertiary/aromatic N) is 1. The summed E-state index contributed by atoms with van der Waals surface area (Å²) in [6.07, 6.45) is 8.11. The fourth-order valence-electron chi connectivity index (χ4n) is 2.99. The molecular weight excluding hydrogens is 268 g/mol. The van der Waals surface area contributed by atoms with Crippen LogP contribution in [0.2, 0.25) is 0 Å². The maximum atomic E-state index is 12.2. The lowest BCUT2D eigenvalue weighted by Gasteiger charge is -2.35. The Morgan fingerprint density at radius 3 is 2.38 bits per heavy atom. The molecule has 1 rings (SSSR count). The van der Waals surface area contributed by atoms with E-state index in [4.69, 9.17) is 5.73 Å². The Hall–Kier alpha value is -1.14. The molecule has 122 valence electrons. The SMILES string of the molecule is CNC(=O)NC(=O)C(C)N(CCCN)C1CCCCCC1. The molecule has 4 N–H and O–H groups in total. The van der Waals surface area contributed by atoms with E-state index in [0.29, 0.717) is 12.6 Å². The minimum atomic E-state index is -0.452. The molecule has 0 spiro atoms. The van der Waals surface area contributed by atoms with Gasteiger partial charge in [0.1, 0.15) is 0 Å². The van der Waals surface area contributed by atoms with Gasteiger partial charge in [0.25, 0.3) is 0 Å². The number of carbonyl (C=O) groups excluding carboxylic acids is 2. The van der Waals surface area contributed by atoms with Gasteiger partial charge in [0.2, 0.25) is 5.91 Å². The fraction of sp³-hybridized carbons (Fsp3) is 0.867. The van der Waals surface area contributed by atoms with E-state index in [1.165, 1.54) is 32.7 Å². The number of hydrogen-bond donors (Lipinski definition) is 3. The van der Waals surface area contributed by atoms with E-state index in [-0.39, 0.29) is 11.9 Å². The van der Waals surface area contributed by atoms with Crippen molar-refractivity contribution in [1.29, 1.82) is 0 Å². The van der Waals surface area contributed by atoms with Crippen LogP contribution in [-0.2, 0) is 4.79 Å². The second kappa shape index (κ2) is 9.73. The highest BCUT2D eigenvalue weighted by molar-refractivity contribution is 5.96. The molecule has 0 aromatic carbocycles. The average molecular weight is 298 g/mol. The molecule has 1 aliphatic rings. The molecule has 21 heavy (non-hydrogen) atoms. The summed E-state index contributed by atoms with van der Waals surface area (Å²) >= 11 is 0. The van der Waals surface area contributed by atoms with Crippen molar-refractivity contribution in [3.8, 4) is 0 Å². The van der Waals surface area contributed by atoms with Crippen LogP contribution in [0.4, 0.5) is 4.79 Å². The summed E-state index contributed by atoms with van der Waals surface area (Å²) in [6, 6.07) is -0.340. The number of imide groups is 1. The molecule has 1 fully saturated rings. The fourth-order valence-corrected chi connectivity index (χ4v) is 2.99. The first kappa shape index (κ1) is 17.9. The van der Waals surface area contributed by atoms with Crippen molar-refractivity contribution < 1.29 is 9.59 Å². The smallest absolute Gasteiger partial charge is 0.321 e. The Balaban J connectivity index is 2.69. The molecular formula is C15H30N4O2. The van der Waals surface area contributed by atoms with E-state index in [1.807, 2.05) is 6.92 Å². The summed E-state index contributed by atoms with van der Waals surface area (Å²) in [5, 5.41) is 4.79. The van der Waals surface area contributed by atoms with Crippen LogP contribution in [-0.4, -0.2) is 49.1 Å². The van der Waals surface area contributed by atoms with Crippen molar-refractivity contribution in [2.24, 2.45) is 5.73 Å². The lowest BCUT2D eigenvalue weighted by molar-refractivity contribution is -0.125. The Kier molecular flexibility index (Phi) is 8.30. The van der Waals surface area contributed by atoms with Crippen LogP contribution >= 0.6 is 0 Å².